The number of carbonyl (C=O) groups is 1. The standard InChI is InChI=1S/C9H5ClN4O4/c10-5-3-1-2-4-6(5)13-11-7(9(15)16)8(12-13)14(17)18/h1-4H,(H,15,16). The molecule has 0 atom stereocenters. The highest BCUT2D eigenvalue weighted by Crippen LogP contribution is 2.21. The lowest BCUT2D eigenvalue weighted by Crippen LogP contribution is -2.03. The fourth-order valence-electron chi connectivity index (χ4n) is 1.28. The first-order chi connectivity index (χ1) is 8.50. The summed E-state index contributed by atoms with van der Waals surface area (Å²) >= 11 is 5.86. The summed E-state index contributed by atoms with van der Waals surface area (Å²) in [4.78, 5) is 21.4. The van der Waals surface area contributed by atoms with Crippen LogP contribution in [0.4, 0.5) is 5.82 Å². The third-order valence-corrected chi connectivity index (χ3v) is 2.36. The van der Waals surface area contributed by atoms with Gasteiger partial charge in [-0.3, -0.25) is 0 Å². The number of halogens is 1. The lowest BCUT2D eigenvalue weighted by molar-refractivity contribution is -0.390. The molecule has 9 heteroatoms. The number of benzene rings is 1. The third kappa shape index (κ3) is 2.00. The largest absolute Gasteiger partial charge is 0.476 e. The van der Waals surface area contributed by atoms with Gasteiger partial charge in [0, 0.05) is 0 Å². The number of carboxylic acids is 1. The topological polar surface area (TPSA) is 111 Å². The average molecular weight is 269 g/mol. The van der Waals surface area contributed by atoms with Gasteiger partial charge in [-0.15, -0.1) is 5.10 Å². The minimum Gasteiger partial charge on any atom is -0.476 e. The molecule has 18 heavy (non-hydrogen) atoms. The summed E-state index contributed by atoms with van der Waals surface area (Å²) < 4.78 is 0. The van der Waals surface area contributed by atoms with E-state index in [2.05, 4.69) is 10.2 Å². The molecule has 8 nitrogen and oxygen atoms in total. The van der Waals surface area contributed by atoms with Gasteiger partial charge in [0.1, 0.15) is 5.69 Å². The first-order valence-corrected chi connectivity index (χ1v) is 4.98. The first-order valence-electron chi connectivity index (χ1n) is 4.60. The summed E-state index contributed by atoms with van der Waals surface area (Å²) in [6.45, 7) is 0. The summed E-state index contributed by atoms with van der Waals surface area (Å²) in [5, 5.41) is 26.7. The SMILES string of the molecule is O=C(O)c1nn(-c2ccccc2Cl)nc1[N+](=O)[O-]. The number of rotatable bonds is 3. The van der Waals surface area contributed by atoms with Gasteiger partial charge < -0.3 is 15.2 Å². The van der Waals surface area contributed by atoms with Crippen molar-refractivity contribution in [2.45, 2.75) is 0 Å². The maximum Gasteiger partial charge on any atom is 0.425 e. The Kier molecular flexibility index (Phi) is 2.94. The van der Waals surface area contributed by atoms with Gasteiger partial charge in [0.15, 0.2) is 0 Å². The molecular weight excluding hydrogens is 264 g/mol. The van der Waals surface area contributed by atoms with Crippen molar-refractivity contribution in [2.75, 3.05) is 0 Å². The number of para-hydroxylation sites is 1. The van der Waals surface area contributed by atoms with Crippen molar-refractivity contribution < 1.29 is 14.8 Å². The Bertz CT molecular complexity index is 608. The van der Waals surface area contributed by atoms with Crippen LogP contribution in [0.2, 0.25) is 5.02 Å². The highest BCUT2D eigenvalue weighted by atomic mass is 35.5. The van der Waals surface area contributed by atoms with Crippen LogP contribution >= 0.6 is 11.6 Å². The lowest BCUT2D eigenvalue weighted by atomic mass is 10.3. The molecular formula is C9H5ClN4O4. The van der Waals surface area contributed by atoms with E-state index in [-0.39, 0.29) is 10.7 Å². The average Bonchev–Trinajstić information content (AvgIpc) is 2.74. The molecule has 1 N–H and O–H groups in total. The molecule has 1 aromatic carbocycles. The van der Waals surface area contributed by atoms with Crippen molar-refractivity contribution in [1.29, 1.82) is 0 Å². The van der Waals surface area contributed by atoms with E-state index < -0.39 is 22.4 Å². The summed E-state index contributed by atoms with van der Waals surface area (Å²) in [5.41, 5.74) is -0.477. The van der Waals surface area contributed by atoms with E-state index in [0.29, 0.717) is 0 Å². The molecule has 0 radical (unpaired) electrons. The van der Waals surface area contributed by atoms with Crippen LogP contribution in [0.5, 0.6) is 0 Å². The Hall–Kier alpha value is -2.48. The maximum absolute atomic E-state index is 10.8. The van der Waals surface area contributed by atoms with Gasteiger partial charge in [0.05, 0.1) is 10.1 Å². The number of nitro groups is 1. The fraction of sp³-hybridized carbons (Fsp3) is 0. The molecule has 0 unspecified atom stereocenters. The van der Waals surface area contributed by atoms with Crippen LogP contribution in [0.1, 0.15) is 10.5 Å². The van der Waals surface area contributed by atoms with Crippen molar-refractivity contribution in [2.24, 2.45) is 0 Å². The first kappa shape index (κ1) is 12.0. The Morgan fingerprint density at radius 3 is 2.56 bits per heavy atom. The maximum atomic E-state index is 10.8. The minimum atomic E-state index is -1.53. The quantitative estimate of drug-likeness (QED) is 0.667. The van der Waals surface area contributed by atoms with Crippen LogP contribution in [0.25, 0.3) is 5.69 Å². The predicted molar refractivity (Wildman–Crippen MR) is 60.0 cm³/mol. The zero-order chi connectivity index (χ0) is 13.3. The van der Waals surface area contributed by atoms with Crippen LogP contribution in [0, 0.1) is 10.1 Å². The normalized spacial score (nSPS) is 10.3. The molecule has 0 saturated heterocycles. The molecule has 0 bridgehead atoms. The molecule has 0 amide bonds. The Morgan fingerprint density at radius 2 is 2.06 bits per heavy atom. The second kappa shape index (κ2) is 4.41. The van der Waals surface area contributed by atoms with Gasteiger partial charge in [0.25, 0.3) is 5.69 Å². The van der Waals surface area contributed by atoms with Crippen LogP contribution in [0.3, 0.4) is 0 Å². The molecule has 1 aromatic heterocycles. The minimum absolute atomic E-state index is 0.249. The molecule has 0 saturated carbocycles. The van der Waals surface area contributed by atoms with Gasteiger partial charge in [-0.2, -0.15) is 0 Å². The van der Waals surface area contributed by atoms with Crippen molar-refractivity contribution in [3.8, 4) is 5.69 Å². The highest BCUT2D eigenvalue weighted by Gasteiger charge is 2.29. The van der Waals surface area contributed by atoms with Crippen molar-refractivity contribution >= 4 is 23.4 Å². The third-order valence-electron chi connectivity index (χ3n) is 2.04. The van der Waals surface area contributed by atoms with Crippen LogP contribution in [-0.2, 0) is 0 Å². The van der Waals surface area contributed by atoms with E-state index in [1.807, 2.05) is 0 Å². The second-order valence-electron chi connectivity index (χ2n) is 3.18. The number of hydrogen-bond donors (Lipinski definition) is 1. The summed E-state index contributed by atoms with van der Waals surface area (Å²) in [5.74, 6) is -2.36. The van der Waals surface area contributed by atoms with E-state index in [1.54, 1.807) is 12.1 Å². The van der Waals surface area contributed by atoms with E-state index in [4.69, 9.17) is 16.7 Å². The van der Waals surface area contributed by atoms with Crippen molar-refractivity contribution in [3.05, 3.63) is 45.1 Å². The summed E-state index contributed by atoms with van der Waals surface area (Å²) in [6, 6.07) is 6.32. The predicted octanol–water partition coefficient (Wildman–Crippen LogP) is 1.53. The monoisotopic (exact) mass is 268 g/mol. The molecule has 1 heterocycles. The molecule has 0 fully saturated rings. The Labute approximate surface area is 105 Å². The zero-order valence-electron chi connectivity index (χ0n) is 8.65. The molecule has 0 aliphatic heterocycles. The highest BCUT2D eigenvalue weighted by molar-refractivity contribution is 6.32. The van der Waals surface area contributed by atoms with Crippen molar-refractivity contribution in [1.82, 2.24) is 15.0 Å². The molecule has 0 aliphatic carbocycles. The van der Waals surface area contributed by atoms with Gasteiger partial charge in [-0.1, -0.05) is 28.5 Å². The molecule has 0 aliphatic rings. The number of nitrogens with zero attached hydrogens (tertiary/aromatic N) is 4. The smallest absolute Gasteiger partial charge is 0.425 e. The van der Waals surface area contributed by atoms with E-state index >= 15 is 0 Å². The molecule has 92 valence electrons. The Balaban J connectivity index is 2.61. The number of carboxylic acid groups (broad SMARTS) is 1. The zero-order valence-corrected chi connectivity index (χ0v) is 9.40. The summed E-state index contributed by atoms with van der Waals surface area (Å²) in [6.07, 6.45) is 0. The van der Waals surface area contributed by atoms with Gasteiger partial charge in [-0.25, -0.2) is 4.79 Å². The van der Waals surface area contributed by atoms with Crippen molar-refractivity contribution in [3.63, 3.8) is 0 Å². The number of aromatic carboxylic acids is 1. The van der Waals surface area contributed by atoms with E-state index in [1.165, 1.54) is 12.1 Å². The Morgan fingerprint density at radius 1 is 1.39 bits per heavy atom. The summed E-state index contributed by atoms with van der Waals surface area (Å²) in [7, 11) is 0. The van der Waals surface area contributed by atoms with Gasteiger partial charge in [-0.05, 0) is 17.1 Å². The van der Waals surface area contributed by atoms with Gasteiger partial charge >= 0.3 is 11.8 Å². The number of aromatic nitrogens is 3. The van der Waals surface area contributed by atoms with E-state index in [9.17, 15) is 14.9 Å². The molecule has 2 rings (SSSR count). The second-order valence-corrected chi connectivity index (χ2v) is 3.58. The molecule has 0 spiro atoms. The van der Waals surface area contributed by atoms with Crippen LogP contribution in [-0.4, -0.2) is 31.0 Å². The fourth-order valence-corrected chi connectivity index (χ4v) is 1.49. The molecule has 2 aromatic rings. The lowest BCUT2D eigenvalue weighted by Gasteiger charge is -1.96. The van der Waals surface area contributed by atoms with E-state index in [0.717, 1.165) is 4.80 Å². The van der Waals surface area contributed by atoms with Crippen LogP contribution < -0.4 is 0 Å². The number of hydrogen-bond acceptors (Lipinski definition) is 5. The van der Waals surface area contributed by atoms with Gasteiger partial charge in [0.2, 0.25) is 0 Å². The van der Waals surface area contributed by atoms with Crippen LogP contribution in [0.15, 0.2) is 24.3 Å².